The number of ether oxygens (including phenoxy) is 1. The lowest BCUT2D eigenvalue weighted by Gasteiger charge is -2.08. The molecule has 0 unspecified atom stereocenters. The SMILES string of the molecule is CCOc1ccc(C(=O)NCC(=O)Nc2cccc(C(C)=O)c2)cc1. The smallest absolute Gasteiger partial charge is 0.251 e. The molecule has 0 heterocycles. The van der Waals surface area contributed by atoms with Crippen molar-refractivity contribution in [2.24, 2.45) is 0 Å². The maximum Gasteiger partial charge on any atom is 0.251 e. The van der Waals surface area contributed by atoms with Gasteiger partial charge >= 0.3 is 0 Å². The highest BCUT2D eigenvalue weighted by atomic mass is 16.5. The van der Waals surface area contributed by atoms with Gasteiger partial charge in [0.05, 0.1) is 13.2 Å². The van der Waals surface area contributed by atoms with E-state index in [1.54, 1.807) is 48.5 Å². The van der Waals surface area contributed by atoms with E-state index in [1.165, 1.54) is 6.92 Å². The van der Waals surface area contributed by atoms with Crippen LogP contribution in [0.4, 0.5) is 5.69 Å². The largest absolute Gasteiger partial charge is 0.494 e. The average Bonchev–Trinajstić information content (AvgIpc) is 2.61. The van der Waals surface area contributed by atoms with Crippen LogP contribution in [0.2, 0.25) is 0 Å². The molecule has 6 heteroatoms. The first kappa shape index (κ1) is 18.2. The maximum atomic E-state index is 12.0. The Kier molecular flexibility index (Phi) is 6.28. The summed E-state index contributed by atoms with van der Waals surface area (Å²) in [5, 5.41) is 5.19. The van der Waals surface area contributed by atoms with E-state index in [4.69, 9.17) is 4.74 Å². The van der Waals surface area contributed by atoms with E-state index in [0.717, 1.165) is 0 Å². The van der Waals surface area contributed by atoms with Crippen molar-refractivity contribution in [3.8, 4) is 5.75 Å². The second-order valence-electron chi connectivity index (χ2n) is 5.33. The summed E-state index contributed by atoms with van der Waals surface area (Å²) in [6.45, 7) is 3.72. The fourth-order valence-electron chi connectivity index (χ4n) is 2.15. The van der Waals surface area contributed by atoms with Crippen LogP contribution in [0.1, 0.15) is 34.6 Å². The first-order valence-electron chi connectivity index (χ1n) is 7.91. The van der Waals surface area contributed by atoms with Gasteiger partial charge in [-0.3, -0.25) is 14.4 Å². The van der Waals surface area contributed by atoms with Gasteiger partial charge in [-0.25, -0.2) is 0 Å². The van der Waals surface area contributed by atoms with E-state index < -0.39 is 0 Å². The Morgan fingerprint density at radius 2 is 1.72 bits per heavy atom. The molecule has 6 nitrogen and oxygen atoms in total. The molecule has 0 aliphatic carbocycles. The fourth-order valence-corrected chi connectivity index (χ4v) is 2.15. The second-order valence-corrected chi connectivity index (χ2v) is 5.33. The lowest BCUT2D eigenvalue weighted by molar-refractivity contribution is -0.115. The normalized spacial score (nSPS) is 10.0. The second kappa shape index (κ2) is 8.63. The molecule has 2 rings (SSSR count). The number of nitrogens with one attached hydrogen (secondary N) is 2. The number of anilines is 1. The minimum absolute atomic E-state index is 0.0834. The summed E-state index contributed by atoms with van der Waals surface area (Å²) < 4.78 is 5.31. The number of hydrogen-bond donors (Lipinski definition) is 2. The summed E-state index contributed by atoms with van der Waals surface area (Å²) in [5.41, 5.74) is 1.46. The quantitative estimate of drug-likeness (QED) is 0.759. The molecule has 0 aromatic heterocycles. The van der Waals surface area contributed by atoms with Gasteiger partial charge in [0.1, 0.15) is 5.75 Å². The van der Waals surface area contributed by atoms with Crippen molar-refractivity contribution in [1.82, 2.24) is 5.32 Å². The average molecular weight is 340 g/mol. The summed E-state index contributed by atoms with van der Waals surface area (Å²) in [4.78, 5) is 35.3. The molecular formula is C19H20N2O4. The van der Waals surface area contributed by atoms with Gasteiger partial charge in [0.25, 0.3) is 5.91 Å². The minimum Gasteiger partial charge on any atom is -0.494 e. The van der Waals surface area contributed by atoms with Crippen LogP contribution in [0.25, 0.3) is 0 Å². The summed E-state index contributed by atoms with van der Waals surface area (Å²) >= 11 is 0. The standard InChI is InChI=1S/C19H20N2O4/c1-3-25-17-9-7-14(8-10-17)19(24)20-12-18(23)21-16-6-4-5-15(11-16)13(2)22/h4-11H,3,12H2,1-2H3,(H,20,24)(H,21,23). The zero-order chi connectivity index (χ0) is 18.2. The molecule has 0 saturated heterocycles. The van der Waals surface area contributed by atoms with Crippen molar-refractivity contribution >= 4 is 23.3 Å². The molecule has 2 aromatic rings. The van der Waals surface area contributed by atoms with Gasteiger partial charge in [-0.05, 0) is 50.2 Å². The highest BCUT2D eigenvalue weighted by Gasteiger charge is 2.09. The number of hydrogen-bond acceptors (Lipinski definition) is 4. The Hall–Kier alpha value is -3.15. The Bertz CT molecular complexity index is 769. The first-order valence-corrected chi connectivity index (χ1v) is 7.91. The third-order valence-corrected chi connectivity index (χ3v) is 3.39. The van der Waals surface area contributed by atoms with Crippen molar-refractivity contribution < 1.29 is 19.1 Å². The Labute approximate surface area is 146 Å². The zero-order valence-electron chi connectivity index (χ0n) is 14.2. The van der Waals surface area contributed by atoms with Gasteiger partial charge in [-0.15, -0.1) is 0 Å². The van der Waals surface area contributed by atoms with E-state index >= 15 is 0 Å². The van der Waals surface area contributed by atoms with Gasteiger partial charge in [-0.1, -0.05) is 12.1 Å². The van der Waals surface area contributed by atoms with Gasteiger partial charge in [-0.2, -0.15) is 0 Å². The highest BCUT2D eigenvalue weighted by Crippen LogP contribution is 2.12. The number of ketones is 1. The lowest BCUT2D eigenvalue weighted by atomic mass is 10.1. The molecule has 0 atom stereocenters. The highest BCUT2D eigenvalue weighted by molar-refractivity contribution is 6.00. The van der Waals surface area contributed by atoms with E-state index in [1.807, 2.05) is 6.92 Å². The molecule has 0 bridgehead atoms. The van der Waals surface area contributed by atoms with Crippen LogP contribution < -0.4 is 15.4 Å². The van der Waals surface area contributed by atoms with Crippen molar-refractivity contribution in [1.29, 1.82) is 0 Å². The predicted molar refractivity (Wildman–Crippen MR) is 95.0 cm³/mol. The van der Waals surface area contributed by atoms with Crippen LogP contribution in [0.5, 0.6) is 5.75 Å². The molecule has 130 valence electrons. The molecule has 0 aliphatic rings. The maximum absolute atomic E-state index is 12.0. The van der Waals surface area contributed by atoms with E-state index in [2.05, 4.69) is 10.6 Å². The lowest BCUT2D eigenvalue weighted by Crippen LogP contribution is -2.32. The molecule has 25 heavy (non-hydrogen) atoms. The fraction of sp³-hybridized carbons (Fsp3) is 0.211. The Balaban J connectivity index is 1.87. The molecule has 2 aromatic carbocycles. The molecule has 2 N–H and O–H groups in total. The third-order valence-electron chi connectivity index (χ3n) is 3.39. The number of amides is 2. The summed E-state index contributed by atoms with van der Waals surface area (Å²) in [5.74, 6) is -0.127. The van der Waals surface area contributed by atoms with Crippen LogP contribution in [-0.4, -0.2) is 30.7 Å². The van der Waals surface area contributed by atoms with Crippen LogP contribution in [0.3, 0.4) is 0 Å². The molecule has 0 radical (unpaired) electrons. The Morgan fingerprint density at radius 3 is 2.36 bits per heavy atom. The monoisotopic (exact) mass is 340 g/mol. The van der Waals surface area contributed by atoms with E-state index in [9.17, 15) is 14.4 Å². The van der Waals surface area contributed by atoms with E-state index in [-0.39, 0.29) is 24.1 Å². The summed E-state index contributed by atoms with van der Waals surface area (Å²) in [6, 6.07) is 13.3. The first-order chi connectivity index (χ1) is 12.0. The molecule has 0 spiro atoms. The number of carbonyl (C=O) groups excluding carboxylic acids is 3. The molecule has 2 amide bonds. The molecule has 0 fully saturated rings. The number of Topliss-reactive ketones (excluding diaryl/α,β-unsaturated/α-hetero) is 1. The topological polar surface area (TPSA) is 84.5 Å². The molecular weight excluding hydrogens is 320 g/mol. The Morgan fingerprint density at radius 1 is 1.00 bits per heavy atom. The number of rotatable bonds is 7. The van der Waals surface area contributed by atoms with Crippen molar-refractivity contribution in [3.63, 3.8) is 0 Å². The van der Waals surface area contributed by atoms with Crippen molar-refractivity contribution in [2.75, 3.05) is 18.5 Å². The van der Waals surface area contributed by atoms with Gasteiger partial charge < -0.3 is 15.4 Å². The third kappa shape index (κ3) is 5.46. The van der Waals surface area contributed by atoms with Crippen LogP contribution >= 0.6 is 0 Å². The van der Waals surface area contributed by atoms with Gasteiger partial charge in [0.15, 0.2) is 5.78 Å². The van der Waals surface area contributed by atoms with Crippen molar-refractivity contribution in [3.05, 3.63) is 59.7 Å². The minimum atomic E-state index is -0.375. The van der Waals surface area contributed by atoms with E-state index in [0.29, 0.717) is 29.2 Å². The summed E-state index contributed by atoms with van der Waals surface area (Å²) in [7, 11) is 0. The van der Waals surface area contributed by atoms with Gasteiger partial charge in [0.2, 0.25) is 5.91 Å². The molecule has 0 aliphatic heterocycles. The zero-order valence-corrected chi connectivity index (χ0v) is 14.2. The van der Waals surface area contributed by atoms with Crippen molar-refractivity contribution in [2.45, 2.75) is 13.8 Å². The van der Waals surface area contributed by atoms with Crippen LogP contribution in [0, 0.1) is 0 Å². The van der Waals surface area contributed by atoms with Crippen LogP contribution in [0.15, 0.2) is 48.5 Å². The predicted octanol–water partition coefficient (Wildman–Crippen LogP) is 2.66. The van der Waals surface area contributed by atoms with Gasteiger partial charge in [0, 0.05) is 16.8 Å². The summed E-state index contributed by atoms with van der Waals surface area (Å²) in [6.07, 6.45) is 0. The number of benzene rings is 2. The molecule has 0 saturated carbocycles. The number of carbonyl (C=O) groups is 3. The van der Waals surface area contributed by atoms with Crippen LogP contribution in [-0.2, 0) is 4.79 Å².